The van der Waals surface area contributed by atoms with E-state index in [4.69, 9.17) is 22.1 Å². The lowest BCUT2D eigenvalue weighted by atomic mass is 9.73. The van der Waals surface area contributed by atoms with Gasteiger partial charge >= 0.3 is 0 Å². The summed E-state index contributed by atoms with van der Waals surface area (Å²) in [5.41, 5.74) is 6.75. The Morgan fingerprint density at radius 2 is 1.97 bits per heavy atom. The van der Waals surface area contributed by atoms with Gasteiger partial charge in [0.25, 0.3) is 0 Å². The first-order chi connectivity index (χ1) is 17.4. The van der Waals surface area contributed by atoms with Gasteiger partial charge in [-0.1, -0.05) is 68.6 Å². The largest absolute Gasteiger partial charge is 0.455 e. The zero-order valence-corrected chi connectivity index (χ0v) is 22.5. The van der Waals surface area contributed by atoms with Crippen molar-refractivity contribution in [2.75, 3.05) is 13.1 Å². The summed E-state index contributed by atoms with van der Waals surface area (Å²) in [6, 6.07) is 13.7. The van der Waals surface area contributed by atoms with Crippen molar-refractivity contribution < 1.29 is 14.6 Å². The minimum Gasteiger partial charge on any atom is -0.455 e. The van der Waals surface area contributed by atoms with E-state index in [0.717, 1.165) is 74.8 Å². The van der Waals surface area contributed by atoms with E-state index in [1.807, 2.05) is 41.3 Å². The molecule has 1 saturated heterocycles. The van der Waals surface area contributed by atoms with Crippen LogP contribution in [0.3, 0.4) is 0 Å². The van der Waals surface area contributed by atoms with Crippen LogP contribution in [-0.4, -0.2) is 35.0 Å². The highest BCUT2D eigenvalue weighted by atomic mass is 35.5. The Labute approximate surface area is 221 Å². The van der Waals surface area contributed by atoms with E-state index < -0.39 is 5.60 Å². The Morgan fingerprint density at radius 3 is 2.69 bits per heavy atom. The summed E-state index contributed by atoms with van der Waals surface area (Å²) in [6.45, 7) is 5.52. The van der Waals surface area contributed by atoms with Gasteiger partial charge in [0.1, 0.15) is 5.75 Å². The summed E-state index contributed by atoms with van der Waals surface area (Å²) in [7, 11) is 0. The molecule has 1 saturated carbocycles. The molecule has 4 unspecified atom stereocenters. The summed E-state index contributed by atoms with van der Waals surface area (Å²) in [5, 5.41) is 12.9. The number of rotatable bonds is 9. The first-order valence-electron chi connectivity index (χ1n) is 13.7. The molecule has 4 atom stereocenters. The van der Waals surface area contributed by atoms with Gasteiger partial charge in [-0.15, -0.1) is 0 Å². The highest BCUT2D eigenvalue weighted by molar-refractivity contribution is 6.32. The van der Waals surface area contributed by atoms with Gasteiger partial charge in [0, 0.05) is 36.5 Å². The number of aryl methyl sites for hydroxylation is 1. The smallest absolute Gasteiger partial charge is 0.225 e. The number of nitrogens with zero attached hydrogens (tertiary/aromatic N) is 1. The monoisotopic (exact) mass is 512 g/mol. The van der Waals surface area contributed by atoms with Gasteiger partial charge < -0.3 is 20.5 Å². The van der Waals surface area contributed by atoms with Crippen molar-refractivity contribution in [3.8, 4) is 11.5 Å². The van der Waals surface area contributed by atoms with Crippen LogP contribution in [0.25, 0.3) is 0 Å². The van der Waals surface area contributed by atoms with Crippen LogP contribution in [0, 0.1) is 11.8 Å². The van der Waals surface area contributed by atoms with E-state index in [1.165, 1.54) is 0 Å². The second kappa shape index (κ2) is 12.0. The number of ether oxygens (including phenoxy) is 1. The van der Waals surface area contributed by atoms with Crippen molar-refractivity contribution in [1.82, 2.24) is 4.90 Å². The molecular weight excluding hydrogens is 472 g/mol. The predicted octanol–water partition coefficient (Wildman–Crippen LogP) is 6.44. The molecule has 1 heterocycles. The molecule has 0 radical (unpaired) electrons. The van der Waals surface area contributed by atoms with E-state index in [2.05, 4.69) is 19.9 Å². The highest BCUT2D eigenvalue weighted by Crippen LogP contribution is 2.47. The van der Waals surface area contributed by atoms with Crippen molar-refractivity contribution in [1.29, 1.82) is 0 Å². The standard InChI is InChI=1S/C30H41ClN2O3/c1-3-5-17-30(35,23-11-9-18-33(20-23)29(34)22-15-16-24(32)19-22)25-12-8-13-26(31)28(25)36-27-14-7-6-10-21(27)4-2/h6-8,10,12-14,22-24,35H,3-5,9,11,15-20,32H2,1-2H3. The maximum absolute atomic E-state index is 13.3. The third-order valence-electron chi connectivity index (χ3n) is 8.14. The third-order valence-corrected chi connectivity index (χ3v) is 8.44. The molecule has 1 aliphatic heterocycles. The molecule has 0 bridgehead atoms. The zero-order chi connectivity index (χ0) is 25.7. The first-order valence-corrected chi connectivity index (χ1v) is 14.1. The molecule has 5 nitrogen and oxygen atoms in total. The van der Waals surface area contributed by atoms with Crippen LogP contribution < -0.4 is 10.5 Å². The van der Waals surface area contributed by atoms with Gasteiger partial charge in [0.05, 0.1) is 10.6 Å². The van der Waals surface area contributed by atoms with Gasteiger partial charge in [0.2, 0.25) is 5.91 Å². The maximum atomic E-state index is 13.3. The summed E-state index contributed by atoms with van der Waals surface area (Å²) < 4.78 is 6.46. The summed E-state index contributed by atoms with van der Waals surface area (Å²) in [5.74, 6) is 1.39. The summed E-state index contributed by atoms with van der Waals surface area (Å²) >= 11 is 6.72. The molecular formula is C30H41ClN2O3. The van der Waals surface area contributed by atoms with Crippen molar-refractivity contribution in [2.24, 2.45) is 17.6 Å². The van der Waals surface area contributed by atoms with Crippen LogP contribution in [0.4, 0.5) is 0 Å². The number of aliphatic hydroxyl groups is 1. The quantitative estimate of drug-likeness (QED) is 0.405. The number of piperidine rings is 1. The van der Waals surface area contributed by atoms with Crippen molar-refractivity contribution in [3.05, 3.63) is 58.6 Å². The molecule has 0 spiro atoms. The van der Waals surface area contributed by atoms with E-state index in [0.29, 0.717) is 23.7 Å². The Balaban J connectivity index is 1.67. The molecule has 2 aromatic carbocycles. The van der Waals surface area contributed by atoms with E-state index >= 15 is 0 Å². The number of halogens is 1. The van der Waals surface area contributed by atoms with Crippen molar-refractivity contribution in [2.45, 2.75) is 83.3 Å². The number of hydrogen-bond donors (Lipinski definition) is 2. The van der Waals surface area contributed by atoms with Crippen molar-refractivity contribution >= 4 is 17.5 Å². The summed E-state index contributed by atoms with van der Waals surface area (Å²) in [6.07, 6.45) is 7.54. The lowest BCUT2D eigenvalue weighted by Crippen LogP contribution is -2.49. The minimum absolute atomic E-state index is 0.0121. The van der Waals surface area contributed by atoms with Gasteiger partial charge in [-0.25, -0.2) is 0 Å². The molecule has 36 heavy (non-hydrogen) atoms. The number of para-hydroxylation sites is 2. The second-order valence-electron chi connectivity index (χ2n) is 10.6. The lowest BCUT2D eigenvalue weighted by Gasteiger charge is -2.44. The number of amides is 1. The number of unbranched alkanes of at least 4 members (excludes halogenated alkanes) is 1. The fourth-order valence-electron chi connectivity index (χ4n) is 6.03. The molecule has 2 aliphatic rings. The number of benzene rings is 2. The molecule has 1 amide bonds. The first kappa shape index (κ1) is 27.0. The normalized spacial score (nSPS) is 23.9. The minimum atomic E-state index is -1.15. The van der Waals surface area contributed by atoms with Gasteiger partial charge in [0.15, 0.2) is 5.75 Å². The van der Waals surface area contributed by atoms with E-state index in [1.54, 1.807) is 0 Å². The van der Waals surface area contributed by atoms with Gasteiger partial charge in [-0.05, 0) is 62.6 Å². The van der Waals surface area contributed by atoms with Gasteiger partial charge in [-0.3, -0.25) is 4.79 Å². The Kier molecular flexibility index (Phi) is 8.97. The Morgan fingerprint density at radius 1 is 1.17 bits per heavy atom. The number of carbonyl (C=O) groups is 1. The Bertz CT molecular complexity index is 1040. The lowest BCUT2D eigenvalue weighted by molar-refractivity contribution is -0.141. The second-order valence-corrected chi connectivity index (χ2v) is 11.0. The van der Waals surface area contributed by atoms with E-state index in [9.17, 15) is 9.90 Å². The highest BCUT2D eigenvalue weighted by Gasteiger charge is 2.44. The molecule has 3 N–H and O–H groups in total. The SMILES string of the molecule is CCCCC(O)(c1cccc(Cl)c1Oc1ccccc1CC)C1CCCN(C(=O)C2CCC(N)C2)C1. The van der Waals surface area contributed by atoms with Crippen LogP contribution in [-0.2, 0) is 16.8 Å². The van der Waals surface area contributed by atoms with E-state index in [-0.39, 0.29) is 23.8 Å². The molecule has 2 fully saturated rings. The van der Waals surface area contributed by atoms with Crippen molar-refractivity contribution in [3.63, 3.8) is 0 Å². The number of carbonyl (C=O) groups excluding carboxylic acids is 1. The fraction of sp³-hybridized carbons (Fsp3) is 0.567. The zero-order valence-electron chi connectivity index (χ0n) is 21.7. The van der Waals surface area contributed by atoms with Crippen LogP contribution in [0.2, 0.25) is 5.02 Å². The Hall–Kier alpha value is -2.08. The molecule has 196 valence electrons. The molecule has 4 rings (SSSR count). The van der Waals surface area contributed by atoms with Crippen LogP contribution in [0.1, 0.15) is 76.3 Å². The predicted molar refractivity (Wildman–Crippen MR) is 145 cm³/mol. The summed E-state index contributed by atoms with van der Waals surface area (Å²) in [4.78, 5) is 15.3. The molecule has 0 aromatic heterocycles. The molecule has 1 aliphatic carbocycles. The van der Waals surface area contributed by atoms with Crippen LogP contribution in [0.15, 0.2) is 42.5 Å². The molecule has 6 heteroatoms. The molecule has 2 aromatic rings. The number of likely N-dealkylation sites (tertiary alicyclic amines) is 1. The number of nitrogens with two attached hydrogens (primary N) is 1. The fourth-order valence-corrected chi connectivity index (χ4v) is 6.24. The maximum Gasteiger partial charge on any atom is 0.225 e. The number of hydrogen-bond acceptors (Lipinski definition) is 4. The van der Waals surface area contributed by atoms with Crippen LogP contribution in [0.5, 0.6) is 11.5 Å². The van der Waals surface area contributed by atoms with Gasteiger partial charge in [-0.2, -0.15) is 0 Å². The average Bonchev–Trinajstić information content (AvgIpc) is 3.34. The van der Waals surface area contributed by atoms with Crippen LogP contribution >= 0.6 is 11.6 Å². The topological polar surface area (TPSA) is 75.8 Å². The third kappa shape index (κ3) is 5.74. The average molecular weight is 513 g/mol.